The lowest BCUT2D eigenvalue weighted by Gasteiger charge is -2.39. The van der Waals surface area contributed by atoms with Crippen molar-refractivity contribution in [1.82, 2.24) is 45.2 Å². The predicted octanol–water partition coefficient (Wildman–Crippen LogP) is 5.08. The normalized spacial score (nSPS) is 21.7. The molecule has 0 radical (unpaired) electrons. The molecule has 5 atom stereocenters. The minimum Gasteiger partial charge on any atom is -0.370 e. The van der Waals surface area contributed by atoms with Crippen LogP contribution in [0.3, 0.4) is 0 Å². The van der Waals surface area contributed by atoms with Crippen molar-refractivity contribution in [2.24, 2.45) is 18.7 Å². The Balaban J connectivity index is 0.810. The molecule has 10 rings (SSSR count). The number of hydrogen-bond acceptors (Lipinski definition) is 11. The number of rotatable bonds is 19. The topological polar surface area (TPSA) is 317 Å². The average molecular weight is 1170 g/mol. The number of amides is 7. The van der Waals surface area contributed by atoms with Crippen LogP contribution in [0.2, 0.25) is 0 Å². The molecule has 5 heterocycles. The molecule has 0 bridgehead atoms. The number of piperidine rings is 1. The first-order chi connectivity index (χ1) is 40.3. The fourth-order valence-corrected chi connectivity index (χ4v) is 13.5. The van der Waals surface area contributed by atoms with Gasteiger partial charge in [-0.1, -0.05) is 66.7 Å². The number of carbonyl (C=O) groups excluding carboxylic acids is 8. The minimum atomic E-state index is -5.08. The van der Waals surface area contributed by atoms with Crippen molar-refractivity contribution in [3.8, 4) is 0 Å². The number of aryl methyl sites for hydroxylation is 1. The largest absolute Gasteiger partial charge is 0.396 e. The van der Waals surface area contributed by atoms with Crippen molar-refractivity contribution in [3.05, 3.63) is 142 Å². The second kappa shape index (κ2) is 25.4. The molecule has 84 heavy (non-hydrogen) atoms. The molecule has 3 aliphatic heterocycles. The number of nitrogens with one attached hydrogen (secondary N) is 5. The van der Waals surface area contributed by atoms with Gasteiger partial charge in [0, 0.05) is 68.5 Å². The van der Waals surface area contributed by atoms with E-state index in [0.717, 1.165) is 54.3 Å². The van der Waals surface area contributed by atoms with Gasteiger partial charge in [-0.15, -0.1) is 0 Å². The van der Waals surface area contributed by atoms with Gasteiger partial charge in [0.1, 0.15) is 17.8 Å². The first-order valence-electron chi connectivity index (χ1n) is 28.9. The smallest absolute Gasteiger partial charge is 0.370 e. The lowest BCUT2D eigenvalue weighted by Crippen LogP contribution is -2.59. The van der Waals surface area contributed by atoms with Crippen LogP contribution in [0.5, 0.6) is 0 Å². The molecular formula is C61H71N10O12P. The minimum absolute atomic E-state index is 0.0525. The van der Waals surface area contributed by atoms with E-state index in [1.54, 1.807) is 16.5 Å². The van der Waals surface area contributed by atoms with Crippen LogP contribution in [0.25, 0.3) is 21.9 Å². The summed E-state index contributed by atoms with van der Waals surface area (Å²) in [7, 11) is -3.39. The van der Waals surface area contributed by atoms with Crippen LogP contribution >= 0.6 is 7.60 Å². The maximum atomic E-state index is 14.6. The molecule has 442 valence electrons. The van der Waals surface area contributed by atoms with Gasteiger partial charge in [-0.3, -0.25) is 62.3 Å². The highest BCUT2D eigenvalue weighted by Crippen LogP contribution is 2.41. The van der Waals surface area contributed by atoms with E-state index in [1.807, 2.05) is 83.8 Å². The van der Waals surface area contributed by atoms with Crippen molar-refractivity contribution in [2.75, 3.05) is 19.6 Å². The Kier molecular flexibility index (Phi) is 17.9. The quantitative estimate of drug-likeness (QED) is 0.0388. The molecule has 22 nitrogen and oxygen atoms in total. The number of nitrogens with zero attached hydrogens (tertiary/aromatic N) is 4. The summed E-state index contributed by atoms with van der Waals surface area (Å²) in [5.41, 5.74) is 8.36. The highest BCUT2D eigenvalue weighted by atomic mass is 31.2. The van der Waals surface area contributed by atoms with Gasteiger partial charge in [-0.2, -0.15) is 0 Å². The lowest BCUT2D eigenvalue weighted by atomic mass is 9.77. The predicted molar refractivity (Wildman–Crippen MR) is 311 cm³/mol. The van der Waals surface area contributed by atoms with Gasteiger partial charge in [0.05, 0.1) is 29.2 Å². The van der Waals surface area contributed by atoms with E-state index in [9.17, 15) is 57.5 Å². The number of fused-ring (bicyclic) bond motifs is 3. The number of imide groups is 1. The molecule has 4 fully saturated rings. The van der Waals surface area contributed by atoms with Gasteiger partial charge in [-0.25, -0.2) is 4.79 Å². The first-order valence-corrected chi connectivity index (χ1v) is 30.5. The summed E-state index contributed by atoms with van der Waals surface area (Å²) in [6.45, 7) is 0.622. The molecule has 1 aliphatic carbocycles. The van der Waals surface area contributed by atoms with E-state index < -0.39 is 72.9 Å². The molecule has 2 aromatic heterocycles. The van der Waals surface area contributed by atoms with Crippen molar-refractivity contribution in [2.45, 2.75) is 132 Å². The molecule has 4 aliphatic rings. The van der Waals surface area contributed by atoms with Crippen LogP contribution in [0.15, 0.2) is 108 Å². The second-order valence-corrected chi connectivity index (χ2v) is 24.4. The molecule has 3 saturated heterocycles. The monoisotopic (exact) mass is 1170 g/mol. The molecule has 23 heteroatoms. The standard InChI is InChI=1S/C61H71N10O12P/c1-68-51-33-40(20-24-48(51)71(61(68)80)50-26-28-53(73)66-59(50)78)37-17-15-36(16-18-37)9-8-14-54(74)69-30-29-44-21-25-49(70(44)35-43(34-69)63-57(76)47-32-42-31-41(19-22-45(42)64-47)60(79)84(81,82)83)58(77)65-46(23-27-52(62)72)56(75)67-55(38-10-4-2-5-11-38)39-12-6-3-7-13-39/h2-7,10-13,19-20,22,24,31-33,36-37,43-44,46,49-50,55,64H,8-9,14-18,21,23,25-30,34-35H2,1H3,(H2,62,72)(H,63,76)(H,65,77)(H,67,75)(H,66,73,78)(H2,81,82,83)/t36?,37?,43-,44+,46-,49-,50?/m0/s1. The second-order valence-electron chi connectivity index (χ2n) is 22.9. The number of nitrogens with two attached hydrogens (primary N) is 1. The number of primary amides is 1. The summed E-state index contributed by atoms with van der Waals surface area (Å²) in [4.78, 5) is 146. The number of H-pyrrole nitrogens is 1. The third-order valence-corrected chi connectivity index (χ3v) is 18.2. The number of benzene rings is 4. The number of carbonyl (C=O) groups is 8. The maximum absolute atomic E-state index is 14.6. The zero-order valence-electron chi connectivity index (χ0n) is 46.7. The number of aromatic amines is 1. The summed E-state index contributed by atoms with van der Waals surface area (Å²) in [5, 5.41) is 11.9. The van der Waals surface area contributed by atoms with Gasteiger partial charge >= 0.3 is 13.3 Å². The highest BCUT2D eigenvalue weighted by molar-refractivity contribution is 7.70. The first kappa shape index (κ1) is 59.1. The number of imidazole rings is 1. The van der Waals surface area contributed by atoms with Crippen LogP contribution in [-0.4, -0.2) is 124 Å². The van der Waals surface area contributed by atoms with Gasteiger partial charge in [-0.05, 0) is 136 Å². The number of hydrogen-bond donors (Lipinski definition) is 8. The van der Waals surface area contributed by atoms with E-state index in [1.165, 1.54) is 28.8 Å². The third-order valence-electron chi connectivity index (χ3n) is 17.4. The van der Waals surface area contributed by atoms with E-state index in [0.29, 0.717) is 54.6 Å². The summed E-state index contributed by atoms with van der Waals surface area (Å²) in [6.07, 6.45) is 7.34. The Morgan fingerprint density at radius 3 is 2.17 bits per heavy atom. The SMILES string of the molecule is Cn1c(=O)n(C2CCC(=O)NC2=O)c2ccc(C3CCC(CCCC(=O)N4CC[C@H]5CC[C@@H](C(=O)N[C@@H](CCC(N)=O)C(=O)NC(c6ccccc6)c6ccccc6)N5C[C@@H](NC(=O)c5cc6cc(C(=O)P(=O)(O)O)ccc6[nH]5)C4)CC3)cc21. The maximum Gasteiger partial charge on any atom is 0.396 e. The Morgan fingerprint density at radius 1 is 0.774 bits per heavy atom. The summed E-state index contributed by atoms with van der Waals surface area (Å²) >= 11 is 0. The van der Waals surface area contributed by atoms with Crippen LogP contribution in [-0.2, 0) is 40.4 Å². The fourth-order valence-electron chi connectivity index (χ4n) is 13.0. The molecule has 7 amide bonds. The zero-order chi connectivity index (χ0) is 59.4. The lowest BCUT2D eigenvalue weighted by molar-refractivity contribution is -0.136. The van der Waals surface area contributed by atoms with Gasteiger partial charge in [0.15, 0.2) is 0 Å². The molecule has 0 spiro atoms. The molecule has 1 unspecified atom stereocenters. The highest BCUT2D eigenvalue weighted by Gasteiger charge is 2.43. The molecule has 1 saturated carbocycles. The molecule has 9 N–H and O–H groups in total. The fraction of sp³-hybridized carbons (Fsp3) is 0.426. The average Bonchev–Trinajstić information content (AvgIpc) is 2.75. The Labute approximate surface area is 484 Å². The van der Waals surface area contributed by atoms with Crippen molar-refractivity contribution in [1.29, 1.82) is 0 Å². The van der Waals surface area contributed by atoms with Gasteiger partial charge in [0.2, 0.25) is 35.4 Å². The molecule has 4 aromatic carbocycles. The van der Waals surface area contributed by atoms with E-state index in [4.69, 9.17) is 5.73 Å². The van der Waals surface area contributed by atoms with Crippen LogP contribution < -0.4 is 32.7 Å². The Hall–Kier alpha value is -8.04. The number of aromatic nitrogens is 3. The third kappa shape index (κ3) is 13.3. The van der Waals surface area contributed by atoms with Crippen molar-refractivity contribution < 1.29 is 52.7 Å². The zero-order valence-corrected chi connectivity index (χ0v) is 47.6. The van der Waals surface area contributed by atoms with E-state index in [-0.39, 0.29) is 85.9 Å². The summed E-state index contributed by atoms with van der Waals surface area (Å²) < 4.78 is 14.8. The van der Waals surface area contributed by atoms with E-state index >= 15 is 0 Å². The summed E-state index contributed by atoms with van der Waals surface area (Å²) in [6, 6.07) is 26.1. The summed E-state index contributed by atoms with van der Waals surface area (Å²) in [5.74, 6) is -2.32. The van der Waals surface area contributed by atoms with Gasteiger partial charge < -0.3 is 41.4 Å². The Morgan fingerprint density at radius 2 is 1.49 bits per heavy atom. The Bertz CT molecular complexity index is 3570. The molecular weight excluding hydrogens is 1100 g/mol. The van der Waals surface area contributed by atoms with Crippen molar-refractivity contribution in [3.63, 3.8) is 0 Å². The van der Waals surface area contributed by atoms with Crippen LogP contribution in [0.1, 0.15) is 145 Å². The van der Waals surface area contributed by atoms with Crippen LogP contribution in [0.4, 0.5) is 0 Å². The van der Waals surface area contributed by atoms with E-state index in [2.05, 4.69) is 26.3 Å². The molecule has 6 aromatic rings. The van der Waals surface area contributed by atoms with Crippen molar-refractivity contribution >= 4 is 76.4 Å². The van der Waals surface area contributed by atoms with Gasteiger partial charge in [0.25, 0.3) is 11.4 Å². The van der Waals surface area contributed by atoms with Crippen LogP contribution in [0, 0.1) is 5.92 Å².